The molecule has 1 N–H and O–H groups in total. The van der Waals surface area contributed by atoms with Crippen LogP contribution in [0.4, 0.5) is 0 Å². The number of rotatable bonds is 2. The Hall–Kier alpha value is -1.45. The molecule has 1 saturated carbocycles. The number of aromatic nitrogens is 2. The van der Waals surface area contributed by atoms with Gasteiger partial charge in [0.1, 0.15) is 5.82 Å². The third-order valence-electron chi connectivity index (χ3n) is 4.71. The first-order chi connectivity index (χ1) is 10.0. The van der Waals surface area contributed by atoms with E-state index in [1.165, 1.54) is 0 Å². The highest BCUT2D eigenvalue weighted by Crippen LogP contribution is 2.40. The summed E-state index contributed by atoms with van der Waals surface area (Å²) in [6.07, 6.45) is 7.60. The molecule has 0 saturated heterocycles. The molecular formula is C18H29N3O. The minimum Gasteiger partial charge on any atom is -0.347 e. The van der Waals surface area contributed by atoms with Crippen molar-refractivity contribution in [3.63, 3.8) is 0 Å². The smallest absolute Gasteiger partial charge is 0.254 e. The van der Waals surface area contributed by atoms with Crippen molar-refractivity contribution in [2.24, 2.45) is 5.41 Å². The van der Waals surface area contributed by atoms with Gasteiger partial charge in [-0.3, -0.25) is 4.79 Å². The van der Waals surface area contributed by atoms with E-state index in [0.717, 1.165) is 31.5 Å². The summed E-state index contributed by atoms with van der Waals surface area (Å²) >= 11 is 0. The lowest BCUT2D eigenvalue weighted by molar-refractivity contribution is 0.0827. The minimum atomic E-state index is -0.116. The molecule has 0 bridgehead atoms. The van der Waals surface area contributed by atoms with Crippen molar-refractivity contribution in [2.75, 3.05) is 0 Å². The summed E-state index contributed by atoms with van der Waals surface area (Å²) in [7, 11) is 0. The monoisotopic (exact) mass is 303 g/mol. The summed E-state index contributed by atoms with van der Waals surface area (Å²) < 4.78 is 0. The highest BCUT2D eigenvalue weighted by molar-refractivity contribution is 5.94. The third-order valence-corrected chi connectivity index (χ3v) is 4.71. The number of carbonyl (C=O) groups excluding carboxylic acids is 1. The first kappa shape index (κ1) is 16.9. The van der Waals surface area contributed by atoms with Gasteiger partial charge in [-0.1, -0.05) is 34.6 Å². The maximum atomic E-state index is 12.4. The van der Waals surface area contributed by atoms with Crippen molar-refractivity contribution < 1.29 is 4.79 Å². The molecule has 1 heterocycles. The van der Waals surface area contributed by atoms with E-state index in [4.69, 9.17) is 0 Å². The molecule has 4 nitrogen and oxygen atoms in total. The molecule has 1 aromatic rings. The van der Waals surface area contributed by atoms with E-state index in [1.807, 2.05) is 0 Å². The van der Waals surface area contributed by atoms with Crippen LogP contribution in [0.2, 0.25) is 0 Å². The average molecular weight is 303 g/mol. The molecule has 0 spiro atoms. The molecule has 22 heavy (non-hydrogen) atoms. The van der Waals surface area contributed by atoms with E-state index in [-0.39, 0.29) is 16.9 Å². The molecule has 122 valence electrons. The molecular weight excluding hydrogens is 274 g/mol. The van der Waals surface area contributed by atoms with Crippen molar-refractivity contribution in [2.45, 2.75) is 78.2 Å². The van der Waals surface area contributed by atoms with Crippen LogP contribution in [-0.4, -0.2) is 21.4 Å². The predicted octanol–water partition coefficient (Wildman–Crippen LogP) is 3.86. The zero-order valence-electron chi connectivity index (χ0n) is 14.8. The van der Waals surface area contributed by atoms with Crippen molar-refractivity contribution >= 4 is 5.91 Å². The summed E-state index contributed by atoms with van der Waals surface area (Å²) in [6.45, 7) is 12.9. The van der Waals surface area contributed by atoms with Crippen LogP contribution in [0.3, 0.4) is 0 Å². The number of hydrogen-bond donors (Lipinski definition) is 1. The fourth-order valence-corrected chi connectivity index (χ4v) is 2.78. The van der Waals surface area contributed by atoms with Gasteiger partial charge in [0.15, 0.2) is 0 Å². The summed E-state index contributed by atoms with van der Waals surface area (Å²) in [6, 6.07) is 0. The molecule has 1 aliphatic carbocycles. The Morgan fingerprint density at radius 3 is 2.00 bits per heavy atom. The summed E-state index contributed by atoms with van der Waals surface area (Å²) in [4.78, 5) is 21.1. The highest BCUT2D eigenvalue weighted by atomic mass is 16.1. The standard InChI is InChI=1S/C18H29N3O/c1-16(2,3)15-19-11-13(12-20-15)14(22)21-18(6)9-7-17(4,5)8-10-18/h11-12H,7-10H2,1-6H3,(H,21,22). The SMILES string of the molecule is CC1(C)CCC(C)(NC(=O)c2cnc(C(C)(C)C)nc2)CC1. The van der Waals surface area contributed by atoms with Gasteiger partial charge in [0, 0.05) is 23.3 Å². The molecule has 1 fully saturated rings. The highest BCUT2D eigenvalue weighted by Gasteiger charge is 2.36. The van der Waals surface area contributed by atoms with Gasteiger partial charge >= 0.3 is 0 Å². The largest absolute Gasteiger partial charge is 0.347 e. The van der Waals surface area contributed by atoms with Crippen LogP contribution in [0.25, 0.3) is 0 Å². The topological polar surface area (TPSA) is 54.9 Å². The fourth-order valence-electron chi connectivity index (χ4n) is 2.78. The first-order valence-electron chi connectivity index (χ1n) is 8.16. The van der Waals surface area contributed by atoms with E-state index in [2.05, 4.69) is 56.8 Å². The maximum absolute atomic E-state index is 12.4. The summed E-state index contributed by atoms with van der Waals surface area (Å²) in [5.41, 5.74) is 0.714. The van der Waals surface area contributed by atoms with Gasteiger partial charge in [-0.05, 0) is 38.0 Å². The average Bonchev–Trinajstić information content (AvgIpc) is 2.42. The summed E-state index contributed by atoms with van der Waals surface area (Å²) in [5.74, 6) is 0.692. The van der Waals surface area contributed by atoms with Gasteiger partial charge in [0.2, 0.25) is 0 Å². The molecule has 0 atom stereocenters. The zero-order chi connectivity index (χ0) is 16.6. The normalized spacial score (nSPS) is 20.5. The minimum absolute atomic E-state index is 0.0670. The van der Waals surface area contributed by atoms with E-state index in [0.29, 0.717) is 11.0 Å². The van der Waals surface area contributed by atoms with E-state index >= 15 is 0 Å². The van der Waals surface area contributed by atoms with Crippen LogP contribution in [0.5, 0.6) is 0 Å². The van der Waals surface area contributed by atoms with E-state index in [1.54, 1.807) is 12.4 Å². The van der Waals surface area contributed by atoms with Crippen LogP contribution in [-0.2, 0) is 5.41 Å². The lowest BCUT2D eigenvalue weighted by Crippen LogP contribution is -2.49. The van der Waals surface area contributed by atoms with Crippen molar-refractivity contribution in [3.8, 4) is 0 Å². The molecule has 0 aromatic carbocycles. The quantitative estimate of drug-likeness (QED) is 0.902. The Bertz CT molecular complexity index is 530. The van der Waals surface area contributed by atoms with Crippen molar-refractivity contribution in [3.05, 3.63) is 23.8 Å². The third kappa shape index (κ3) is 4.05. The van der Waals surface area contributed by atoms with Crippen LogP contribution >= 0.6 is 0 Å². The molecule has 1 aromatic heterocycles. The van der Waals surface area contributed by atoms with Gasteiger partial charge in [-0.15, -0.1) is 0 Å². The maximum Gasteiger partial charge on any atom is 0.254 e. The van der Waals surface area contributed by atoms with Crippen LogP contribution in [0.1, 0.15) is 83.4 Å². The first-order valence-corrected chi connectivity index (χ1v) is 8.16. The number of nitrogens with one attached hydrogen (secondary N) is 1. The molecule has 2 rings (SSSR count). The van der Waals surface area contributed by atoms with Gasteiger partial charge < -0.3 is 5.32 Å². The molecule has 1 amide bonds. The lowest BCUT2D eigenvalue weighted by Gasteiger charge is -2.41. The van der Waals surface area contributed by atoms with Gasteiger partial charge in [-0.2, -0.15) is 0 Å². The fraction of sp³-hybridized carbons (Fsp3) is 0.722. The van der Waals surface area contributed by atoms with Gasteiger partial charge in [0.05, 0.1) is 5.56 Å². The Kier molecular flexibility index (Phi) is 4.33. The van der Waals surface area contributed by atoms with Gasteiger partial charge in [-0.25, -0.2) is 9.97 Å². The van der Waals surface area contributed by atoms with Gasteiger partial charge in [0.25, 0.3) is 5.91 Å². The lowest BCUT2D eigenvalue weighted by atomic mass is 9.70. The van der Waals surface area contributed by atoms with Crippen LogP contribution < -0.4 is 5.32 Å². The second kappa shape index (κ2) is 5.64. The van der Waals surface area contributed by atoms with Crippen LogP contribution in [0.15, 0.2) is 12.4 Å². The molecule has 0 radical (unpaired) electrons. The molecule has 1 aliphatic rings. The Morgan fingerprint density at radius 1 is 1.05 bits per heavy atom. The summed E-state index contributed by atoms with van der Waals surface area (Å²) in [5, 5.41) is 3.19. The number of nitrogens with zero attached hydrogens (tertiary/aromatic N) is 2. The second-order valence-electron chi connectivity index (χ2n) is 8.72. The van der Waals surface area contributed by atoms with E-state index < -0.39 is 0 Å². The Balaban J connectivity index is 2.03. The second-order valence-corrected chi connectivity index (χ2v) is 8.72. The number of hydrogen-bond acceptors (Lipinski definition) is 3. The Morgan fingerprint density at radius 2 is 1.55 bits per heavy atom. The van der Waals surface area contributed by atoms with Crippen LogP contribution in [0, 0.1) is 5.41 Å². The zero-order valence-corrected chi connectivity index (χ0v) is 14.8. The van der Waals surface area contributed by atoms with Crippen molar-refractivity contribution in [1.82, 2.24) is 15.3 Å². The molecule has 4 heteroatoms. The van der Waals surface area contributed by atoms with Crippen molar-refractivity contribution in [1.29, 1.82) is 0 Å². The predicted molar refractivity (Wildman–Crippen MR) is 88.9 cm³/mol. The molecule has 0 aliphatic heterocycles. The molecule has 0 unspecified atom stereocenters. The number of carbonyl (C=O) groups is 1. The van der Waals surface area contributed by atoms with E-state index in [9.17, 15) is 4.79 Å². The number of amides is 1. The Labute approximate surface area is 134 Å².